The number of carbonyl (C=O) groups is 2. The molecular weight excluding hydrogens is 424 g/mol. The Balaban J connectivity index is 1.88. The predicted molar refractivity (Wildman–Crippen MR) is 122 cm³/mol. The van der Waals surface area contributed by atoms with Crippen LogP contribution in [-0.2, 0) is 9.53 Å². The number of aromatic nitrogens is 3. The van der Waals surface area contributed by atoms with E-state index in [1.54, 1.807) is 51.2 Å². The van der Waals surface area contributed by atoms with Crippen LogP contribution in [0.15, 0.2) is 42.8 Å². The molecule has 0 saturated heterocycles. The normalized spacial score (nSPS) is 13.4. The van der Waals surface area contributed by atoms with E-state index in [0.29, 0.717) is 30.4 Å². The van der Waals surface area contributed by atoms with Gasteiger partial charge in [-0.25, -0.2) is 15.0 Å². The van der Waals surface area contributed by atoms with Gasteiger partial charge in [0, 0.05) is 32.8 Å². The number of pyridine rings is 1. The Morgan fingerprint density at radius 3 is 2.64 bits per heavy atom. The predicted octanol–water partition coefficient (Wildman–Crippen LogP) is 0.382. The Morgan fingerprint density at radius 2 is 2.00 bits per heavy atom. The van der Waals surface area contributed by atoms with E-state index < -0.39 is 11.8 Å². The molecule has 2 amide bonds. The van der Waals surface area contributed by atoms with Crippen LogP contribution >= 0.6 is 0 Å². The maximum absolute atomic E-state index is 13.3. The van der Waals surface area contributed by atoms with Crippen molar-refractivity contribution in [2.75, 3.05) is 39.7 Å². The highest BCUT2D eigenvalue weighted by Crippen LogP contribution is 2.39. The van der Waals surface area contributed by atoms with Crippen LogP contribution in [0.25, 0.3) is 0 Å². The van der Waals surface area contributed by atoms with Crippen molar-refractivity contribution in [1.29, 1.82) is 5.41 Å². The van der Waals surface area contributed by atoms with Gasteiger partial charge in [0.1, 0.15) is 30.5 Å². The molecule has 0 spiro atoms. The number of nitrogens with zero attached hydrogens (tertiary/aromatic N) is 4. The van der Waals surface area contributed by atoms with Gasteiger partial charge in [-0.3, -0.25) is 15.0 Å². The summed E-state index contributed by atoms with van der Waals surface area (Å²) in [6, 6.07) is 3.69. The summed E-state index contributed by atoms with van der Waals surface area (Å²) in [6.07, 6.45) is 8.21. The summed E-state index contributed by atoms with van der Waals surface area (Å²) in [7, 11) is 4.69. The van der Waals surface area contributed by atoms with Crippen LogP contribution in [-0.4, -0.2) is 71.7 Å². The minimum Gasteiger partial charge on any atom is -0.379 e. The van der Waals surface area contributed by atoms with E-state index in [4.69, 9.17) is 10.1 Å². The number of ether oxygens (including phenoxy) is 1. The highest BCUT2D eigenvalue weighted by atomic mass is 16.5. The molecule has 11 heteroatoms. The molecule has 0 atom stereocenters. The zero-order chi connectivity index (χ0) is 23.8. The number of anilines is 2. The number of amides is 2. The number of quaternary nitrogens is 1. The van der Waals surface area contributed by atoms with Crippen LogP contribution in [0.2, 0.25) is 0 Å². The number of methoxy groups -OCH3 is 1. The zero-order valence-electron chi connectivity index (χ0n) is 19.0. The third kappa shape index (κ3) is 6.64. The lowest BCUT2D eigenvalue weighted by atomic mass is 10.2. The molecule has 1 aliphatic rings. The average Bonchev–Trinajstić information content (AvgIpc) is 3.66. The Labute approximate surface area is 192 Å². The van der Waals surface area contributed by atoms with Crippen LogP contribution in [0.4, 0.5) is 11.4 Å². The van der Waals surface area contributed by atoms with Gasteiger partial charge in [-0.2, -0.15) is 0 Å². The average molecular weight is 454 g/mol. The standard InChI is InChI=1S/C22H28N8O3/c1-30(2)22(32)19(23)18(12-24-8-9-33-3)29-21(31)20-17(27-15-10-25-13-26-11-15)7-6-16(28-20)14-4-5-14/h6-7,10-14,23-24,27H,4-5,8-9H2,1-3H3,(H,29,31)/p+1. The maximum Gasteiger partial charge on any atom is 0.276 e. The number of nitrogens with two attached hydrogens (primary N) is 1. The second-order valence-corrected chi connectivity index (χ2v) is 7.78. The molecule has 2 heterocycles. The summed E-state index contributed by atoms with van der Waals surface area (Å²) in [5.74, 6) is -0.711. The molecule has 0 radical (unpaired) electrons. The van der Waals surface area contributed by atoms with Crippen molar-refractivity contribution in [3.63, 3.8) is 0 Å². The first kappa shape index (κ1) is 24.0. The number of hydrogen-bond donors (Lipinski definition) is 4. The van der Waals surface area contributed by atoms with E-state index in [1.807, 2.05) is 6.07 Å². The van der Waals surface area contributed by atoms with Crippen LogP contribution < -0.4 is 16.0 Å². The Bertz CT molecular complexity index is 1040. The monoisotopic (exact) mass is 453 g/mol. The van der Waals surface area contributed by atoms with E-state index in [1.165, 1.54) is 11.2 Å². The molecule has 2 aromatic heterocycles. The molecule has 0 aliphatic heterocycles. The first-order valence-electron chi connectivity index (χ1n) is 10.6. The fourth-order valence-corrected chi connectivity index (χ4v) is 2.97. The third-order valence-corrected chi connectivity index (χ3v) is 4.88. The van der Waals surface area contributed by atoms with Gasteiger partial charge in [0.2, 0.25) is 0 Å². The fourth-order valence-electron chi connectivity index (χ4n) is 2.97. The number of nitrogens with one attached hydrogen (secondary N) is 3. The molecule has 11 nitrogen and oxygen atoms in total. The van der Waals surface area contributed by atoms with Gasteiger partial charge in [0.25, 0.3) is 11.8 Å². The van der Waals surface area contributed by atoms with Crippen LogP contribution in [0, 0.1) is 5.41 Å². The van der Waals surface area contributed by atoms with Crippen molar-refractivity contribution in [2.45, 2.75) is 18.8 Å². The molecule has 1 saturated carbocycles. The van der Waals surface area contributed by atoms with Crippen molar-refractivity contribution in [1.82, 2.24) is 25.2 Å². The molecule has 1 fully saturated rings. The largest absolute Gasteiger partial charge is 0.379 e. The highest BCUT2D eigenvalue weighted by Gasteiger charge is 2.28. The SMILES string of the molecule is COCC[NH2+]C=C(NC(=O)c1nc(C2CC2)ccc1Nc1cncnc1)C(=N)C(=O)N(C)C. The number of hydrogen-bond acceptors (Lipinski definition) is 8. The van der Waals surface area contributed by atoms with Crippen LogP contribution in [0.5, 0.6) is 0 Å². The van der Waals surface area contributed by atoms with Gasteiger partial charge in [0.05, 0.1) is 30.4 Å². The van der Waals surface area contributed by atoms with E-state index >= 15 is 0 Å². The zero-order valence-corrected chi connectivity index (χ0v) is 19.0. The topological polar surface area (TPSA) is 150 Å². The Hall–Kier alpha value is -3.70. The van der Waals surface area contributed by atoms with Gasteiger partial charge in [0.15, 0.2) is 5.69 Å². The molecule has 2 aromatic rings. The van der Waals surface area contributed by atoms with Gasteiger partial charge >= 0.3 is 0 Å². The summed E-state index contributed by atoms with van der Waals surface area (Å²) in [5.41, 5.74) is 1.84. The molecule has 0 aromatic carbocycles. The first-order valence-corrected chi connectivity index (χ1v) is 10.6. The first-order chi connectivity index (χ1) is 15.9. The van der Waals surface area contributed by atoms with Crippen molar-refractivity contribution in [3.05, 3.63) is 54.1 Å². The van der Waals surface area contributed by atoms with Gasteiger partial charge in [-0.15, -0.1) is 0 Å². The molecule has 3 rings (SSSR count). The van der Waals surface area contributed by atoms with Gasteiger partial charge in [-0.1, -0.05) is 0 Å². The van der Waals surface area contributed by atoms with Crippen molar-refractivity contribution in [2.24, 2.45) is 0 Å². The van der Waals surface area contributed by atoms with Gasteiger partial charge in [-0.05, 0) is 25.0 Å². The summed E-state index contributed by atoms with van der Waals surface area (Å²) < 4.78 is 5.03. The Kier molecular flexibility index (Phi) is 8.17. The van der Waals surface area contributed by atoms with Crippen LogP contribution in [0.3, 0.4) is 0 Å². The lowest BCUT2D eigenvalue weighted by Crippen LogP contribution is -2.79. The van der Waals surface area contributed by atoms with E-state index in [9.17, 15) is 9.59 Å². The molecule has 1 aliphatic carbocycles. The van der Waals surface area contributed by atoms with Crippen molar-refractivity contribution in [3.8, 4) is 0 Å². The van der Waals surface area contributed by atoms with Crippen molar-refractivity contribution < 1.29 is 19.6 Å². The third-order valence-electron chi connectivity index (χ3n) is 4.88. The molecular formula is C22H29N8O3+. The van der Waals surface area contributed by atoms with E-state index in [-0.39, 0.29) is 17.1 Å². The minimum absolute atomic E-state index is 0.0856. The summed E-state index contributed by atoms with van der Waals surface area (Å²) >= 11 is 0. The summed E-state index contributed by atoms with van der Waals surface area (Å²) in [6.45, 7) is 1.04. The Morgan fingerprint density at radius 1 is 1.27 bits per heavy atom. The number of rotatable bonds is 11. The lowest BCUT2D eigenvalue weighted by Gasteiger charge is -2.16. The summed E-state index contributed by atoms with van der Waals surface area (Å²) in [5, 5.41) is 15.9. The molecule has 0 unspecified atom stereocenters. The van der Waals surface area contributed by atoms with Crippen molar-refractivity contribution >= 4 is 28.9 Å². The van der Waals surface area contributed by atoms with E-state index in [2.05, 4.69) is 25.6 Å². The second kappa shape index (κ2) is 11.2. The second-order valence-electron chi connectivity index (χ2n) is 7.78. The summed E-state index contributed by atoms with van der Waals surface area (Å²) in [4.78, 5) is 39.5. The smallest absolute Gasteiger partial charge is 0.276 e. The maximum atomic E-state index is 13.3. The van der Waals surface area contributed by atoms with Gasteiger partial charge < -0.3 is 25.6 Å². The molecule has 174 valence electrons. The van der Waals surface area contributed by atoms with E-state index in [0.717, 1.165) is 18.5 Å². The molecule has 0 bridgehead atoms. The number of carbonyl (C=O) groups excluding carboxylic acids is 2. The molecule has 5 N–H and O–H groups in total. The van der Waals surface area contributed by atoms with Crippen LogP contribution in [0.1, 0.15) is 34.9 Å². The minimum atomic E-state index is -0.528. The highest BCUT2D eigenvalue weighted by molar-refractivity contribution is 6.44. The molecule has 33 heavy (non-hydrogen) atoms. The lowest BCUT2D eigenvalue weighted by molar-refractivity contribution is -0.590. The quantitative estimate of drug-likeness (QED) is 0.284. The fraction of sp³-hybridized carbons (Fsp3) is 0.364.